The smallest absolute Gasteiger partial charge is 0.328 e. The van der Waals surface area contributed by atoms with Crippen LogP contribution >= 0.6 is 23.2 Å². The number of amides is 1. The fourth-order valence-corrected chi connectivity index (χ4v) is 2.97. The summed E-state index contributed by atoms with van der Waals surface area (Å²) in [6.07, 6.45) is 3.92. The molecule has 1 unspecified atom stereocenters. The van der Waals surface area contributed by atoms with E-state index in [1.165, 1.54) is 7.11 Å². The van der Waals surface area contributed by atoms with Crippen LogP contribution in [0.4, 0.5) is 5.69 Å². The van der Waals surface area contributed by atoms with Gasteiger partial charge in [-0.05, 0) is 36.2 Å². The van der Waals surface area contributed by atoms with Gasteiger partial charge < -0.3 is 15.4 Å². The zero-order valence-electron chi connectivity index (χ0n) is 15.0. The van der Waals surface area contributed by atoms with Crippen molar-refractivity contribution in [2.75, 3.05) is 19.5 Å². The van der Waals surface area contributed by atoms with Gasteiger partial charge in [0.15, 0.2) is 0 Å². The predicted molar refractivity (Wildman–Crippen MR) is 109 cm³/mol. The molecule has 2 aromatic rings. The zero-order valence-corrected chi connectivity index (χ0v) is 16.5. The number of carbonyl (C=O) groups is 2. The largest absolute Gasteiger partial charge is 0.467 e. The van der Waals surface area contributed by atoms with Crippen molar-refractivity contribution < 1.29 is 14.3 Å². The number of ether oxygens (including phenoxy) is 1. The molecule has 0 aliphatic carbocycles. The average molecular weight is 407 g/mol. The number of esters is 1. The van der Waals surface area contributed by atoms with Gasteiger partial charge in [0.1, 0.15) is 6.04 Å². The van der Waals surface area contributed by atoms with E-state index in [0.717, 1.165) is 11.3 Å². The van der Waals surface area contributed by atoms with Crippen molar-refractivity contribution in [1.82, 2.24) is 5.32 Å². The second kappa shape index (κ2) is 10.00. The Balaban J connectivity index is 2.09. The molecule has 0 aliphatic heterocycles. The van der Waals surface area contributed by atoms with Crippen molar-refractivity contribution >= 4 is 46.8 Å². The first-order valence-corrected chi connectivity index (χ1v) is 8.99. The van der Waals surface area contributed by atoms with Gasteiger partial charge in [-0.2, -0.15) is 0 Å². The maximum absolute atomic E-state index is 12.5. The molecule has 0 heterocycles. The third kappa shape index (κ3) is 5.74. The normalized spacial score (nSPS) is 11.9. The number of benzene rings is 2. The molecule has 0 spiro atoms. The molecule has 2 rings (SSSR count). The van der Waals surface area contributed by atoms with E-state index < -0.39 is 17.9 Å². The Morgan fingerprint density at radius 3 is 2.30 bits per heavy atom. The Bertz CT molecular complexity index is 815. The molecule has 2 N–H and O–H groups in total. The Morgan fingerprint density at radius 2 is 1.74 bits per heavy atom. The number of anilines is 1. The molecule has 0 saturated heterocycles. The molecule has 0 aromatic heterocycles. The first-order chi connectivity index (χ1) is 13.0. The van der Waals surface area contributed by atoms with E-state index in [0.29, 0.717) is 0 Å². The molecule has 0 saturated carbocycles. The molecule has 0 fully saturated rings. The Hall–Kier alpha value is -2.50. The number of hydrogen-bond acceptors (Lipinski definition) is 4. The molecule has 1 atom stereocenters. The van der Waals surface area contributed by atoms with E-state index >= 15 is 0 Å². The standard InChI is InChI=1S/C20H20Cl2N2O3/c1-23-14-11-9-13(10-12-14)5-3-8-17(20(26)27-2)24-19(25)18-15(21)6-4-7-16(18)22/h3-7,9-12,17,23H,8H2,1-2H3,(H,24,25)/b5-3+. The van der Waals surface area contributed by atoms with Gasteiger partial charge in [0.25, 0.3) is 5.91 Å². The van der Waals surface area contributed by atoms with Crippen LogP contribution in [0.25, 0.3) is 6.08 Å². The summed E-state index contributed by atoms with van der Waals surface area (Å²) in [6.45, 7) is 0. The van der Waals surface area contributed by atoms with Crippen molar-refractivity contribution in [3.63, 3.8) is 0 Å². The minimum absolute atomic E-state index is 0.126. The van der Waals surface area contributed by atoms with Gasteiger partial charge in [-0.3, -0.25) is 4.79 Å². The van der Waals surface area contributed by atoms with E-state index in [9.17, 15) is 9.59 Å². The summed E-state index contributed by atoms with van der Waals surface area (Å²) >= 11 is 12.1. The molecular formula is C20H20Cl2N2O3. The number of rotatable bonds is 7. The van der Waals surface area contributed by atoms with E-state index in [2.05, 4.69) is 10.6 Å². The Kier molecular flexibility index (Phi) is 7.70. The van der Waals surface area contributed by atoms with E-state index in [1.54, 1.807) is 24.3 Å². The molecule has 0 bridgehead atoms. The van der Waals surface area contributed by atoms with Crippen molar-refractivity contribution in [2.24, 2.45) is 0 Å². The van der Waals surface area contributed by atoms with E-state index in [-0.39, 0.29) is 22.0 Å². The van der Waals surface area contributed by atoms with Crippen LogP contribution in [0.5, 0.6) is 0 Å². The van der Waals surface area contributed by atoms with Crippen molar-refractivity contribution in [2.45, 2.75) is 12.5 Å². The van der Waals surface area contributed by atoms with Gasteiger partial charge >= 0.3 is 5.97 Å². The Morgan fingerprint density at radius 1 is 1.11 bits per heavy atom. The van der Waals surface area contributed by atoms with Crippen LogP contribution in [0.2, 0.25) is 10.0 Å². The number of methoxy groups -OCH3 is 1. The second-order valence-electron chi connectivity index (χ2n) is 5.66. The lowest BCUT2D eigenvalue weighted by Crippen LogP contribution is -2.41. The lowest BCUT2D eigenvalue weighted by Gasteiger charge is -2.16. The van der Waals surface area contributed by atoms with E-state index in [4.69, 9.17) is 27.9 Å². The summed E-state index contributed by atoms with van der Waals surface area (Å²) < 4.78 is 4.78. The van der Waals surface area contributed by atoms with Crippen LogP contribution in [0.3, 0.4) is 0 Å². The minimum atomic E-state index is -0.859. The van der Waals surface area contributed by atoms with E-state index in [1.807, 2.05) is 37.4 Å². The highest BCUT2D eigenvalue weighted by Crippen LogP contribution is 2.24. The second-order valence-corrected chi connectivity index (χ2v) is 6.47. The monoisotopic (exact) mass is 406 g/mol. The van der Waals surface area contributed by atoms with Gasteiger partial charge in [0.2, 0.25) is 0 Å². The van der Waals surface area contributed by atoms with Crippen LogP contribution in [0, 0.1) is 0 Å². The Labute approximate surface area is 168 Å². The number of halogens is 2. The minimum Gasteiger partial charge on any atom is -0.467 e. The summed E-state index contributed by atoms with van der Waals surface area (Å²) in [5.41, 5.74) is 2.10. The lowest BCUT2D eigenvalue weighted by atomic mass is 10.1. The molecule has 0 aliphatic rings. The third-order valence-electron chi connectivity index (χ3n) is 3.86. The van der Waals surface area contributed by atoms with Crippen molar-refractivity contribution in [1.29, 1.82) is 0 Å². The number of nitrogens with one attached hydrogen (secondary N) is 2. The third-order valence-corrected chi connectivity index (χ3v) is 4.49. The molecule has 7 heteroatoms. The van der Waals surface area contributed by atoms with Crippen LogP contribution in [-0.2, 0) is 9.53 Å². The first kappa shape index (κ1) is 20.8. The van der Waals surface area contributed by atoms with Gasteiger partial charge in [-0.1, -0.05) is 53.6 Å². The summed E-state index contributed by atoms with van der Waals surface area (Å²) in [5, 5.41) is 6.09. The maximum atomic E-state index is 12.5. The SMILES string of the molecule is CNc1ccc(/C=C/CC(NC(=O)c2c(Cl)cccc2Cl)C(=O)OC)cc1. The predicted octanol–water partition coefficient (Wildman–Crippen LogP) is 4.41. The lowest BCUT2D eigenvalue weighted by molar-refractivity contribution is -0.142. The highest BCUT2D eigenvalue weighted by Gasteiger charge is 2.23. The van der Waals surface area contributed by atoms with Crippen LogP contribution in [-0.4, -0.2) is 32.1 Å². The summed E-state index contributed by atoms with van der Waals surface area (Å²) in [6, 6.07) is 11.7. The average Bonchev–Trinajstić information content (AvgIpc) is 2.67. The van der Waals surface area contributed by atoms with Crippen molar-refractivity contribution in [3.05, 3.63) is 69.7 Å². The van der Waals surface area contributed by atoms with Gasteiger partial charge in [-0.25, -0.2) is 4.79 Å². The fraction of sp³-hybridized carbons (Fsp3) is 0.200. The van der Waals surface area contributed by atoms with Crippen molar-refractivity contribution in [3.8, 4) is 0 Å². The molecule has 1 amide bonds. The van der Waals surface area contributed by atoms with Gasteiger partial charge in [0, 0.05) is 12.7 Å². The summed E-state index contributed by atoms with van der Waals surface area (Å²) in [7, 11) is 3.11. The molecule has 5 nitrogen and oxygen atoms in total. The quantitative estimate of drug-likeness (QED) is 0.668. The number of hydrogen-bond donors (Lipinski definition) is 2. The first-order valence-electron chi connectivity index (χ1n) is 8.23. The highest BCUT2D eigenvalue weighted by molar-refractivity contribution is 6.39. The highest BCUT2D eigenvalue weighted by atomic mass is 35.5. The molecular weight excluding hydrogens is 387 g/mol. The summed E-state index contributed by atoms with van der Waals surface area (Å²) in [5.74, 6) is -1.09. The zero-order chi connectivity index (χ0) is 19.8. The van der Waals surface area contributed by atoms with Gasteiger partial charge in [0.05, 0.1) is 22.7 Å². The maximum Gasteiger partial charge on any atom is 0.328 e. The topological polar surface area (TPSA) is 67.4 Å². The van der Waals surface area contributed by atoms with Crippen LogP contribution < -0.4 is 10.6 Å². The number of carbonyl (C=O) groups excluding carboxylic acids is 2. The van der Waals surface area contributed by atoms with Gasteiger partial charge in [-0.15, -0.1) is 0 Å². The summed E-state index contributed by atoms with van der Waals surface area (Å²) in [4.78, 5) is 24.5. The fourth-order valence-electron chi connectivity index (χ4n) is 2.40. The van der Waals surface area contributed by atoms with Crippen LogP contribution in [0.15, 0.2) is 48.5 Å². The molecule has 0 radical (unpaired) electrons. The van der Waals surface area contributed by atoms with Crippen LogP contribution in [0.1, 0.15) is 22.3 Å². The molecule has 142 valence electrons. The molecule has 27 heavy (non-hydrogen) atoms. The molecule has 2 aromatic carbocycles.